The zero-order valence-electron chi connectivity index (χ0n) is 10.4. The minimum absolute atomic E-state index is 0.131. The molecule has 1 aliphatic carbocycles. The van der Waals surface area contributed by atoms with E-state index >= 15 is 0 Å². The molecule has 0 spiro atoms. The molecule has 4 nitrogen and oxygen atoms in total. The number of aromatic carboxylic acids is 1. The van der Waals surface area contributed by atoms with Crippen molar-refractivity contribution in [1.82, 2.24) is 0 Å². The van der Waals surface area contributed by atoms with Gasteiger partial charge in [-0.05, 0) is 31.2 Å². The lowest BCUT2D eigenvalue weighted by atomic mass is 10.1. The van der Waals surface area contributed by atoms with Gasteiger partial charge in [0, 0.05) is 11.3 Å². The summed E-state index contributed by atoms with van der Waals surface area (Å²) in [7, 11) is 0. The first-order chi connectivity index (χ1) is 8.63. The number of carbonyl (C=O) groups is 2. The largest absolute Gasteiger partial charge is 0.478 e. The van der Waals surface area contributed by atoms with E-state index in [0.29, 0.717) is 17.0 Å². The fourth-order valence-corrected chi connectivity index (χ4v) is 3.57. The highest BCUT2D eigenvalue weighted by atomic mass is 32.1. The molecular formula is C13H17NO3S. The number of amides is 1. The van der Waals surface area contributed by atoms with Crippen LogP contribution >= 0.6 is 11.3 Å². The van der Waals surface area contributed by atoms with E-state index in [9.17, 15) is 14.7 Å². The van der Waals surface area contributed by atoms with Crippen molar-refractivity contribution in [3.8, 4) is 0 Å². The smallest absolute Gasteiger partial charge is 0.339 e. The van der Waals surface area contributed by atoms with Crippen molar-refractivity contribution in [3.05, 3.63) is 16.0 Å². The van der Waals surface area contributed by atoms with Gasteiger partial charge in [-0.2, -0.15) is 0 Å². The molecule has 0 fully saturated rings. The first-order valence-electron chi connectivity index (χ1n) is 6.31. The average molecular weight is 267 g/mol. The topological polar surface area (TPSA) is 66.4 Å². The Bertz CT molecular complexity index is 479. The summed E-state index contributed by atoms with van der Waals surface area (Å²) in [5.41, 5.74) is 1.26. The molecular weight excluding hydrogens is 250 g/mol. The molecule has 98 valence electrons. The molecule has 0 saturated carbocycles. The summed E-state index contributed by atoms with van der Waals surface area (Å²) in [5, 5.41) is 12.6. The molecule has 0 saturated heterocycles. The van der Waals surface area contributed by atoms with E-state index < -0.39 is 5.97 Å². The lowest BCUT2D eigenvalue weighted by Crippen LogP contribution is -2.12. The van der Waals surface area contributed by atoms with Gasteiger partial charge in [0.1, 0.15) is 5.00 Å². The first kappa shape index (κ1) is 13.1. The van der Waals surface area contributed by atoms with E-state index in [1.54, 1.807) is 6.92 Å². The maximum atomic E-state index is 11.4. The molecule has 5 heteroatoms. The van der Waals surface area contributed by atoms with Gasteiger partial charge in [-0.3, -0.25) is 4.79 Å². The SMILES string of the molecule is CCC(=O)Nc1sc2c(c1C(=O)O)CCCCC2. The Labute approximate surface area is 110 Å². The van der Waals surface area contributed by atoms with E-state index in [-0.39, 0.29) is 5.91 Å². The summed E-state index contributed by atoms with van der Waals surface area (Å²) in [6.45, 7) is 1.76. The third-order valence-electron chi connectivity index (χ3n) is 3.21. The van der Waals surface area contributed by atoms with Crippen molar-refractivity contribution in [2.45, 2.75) is 45.4 Å². The molecule has 0 aliphatic heterocycles. The van der Waals surface area contributed by atoms with Crippen molar-refractivity contribution in [1.29, 1.82) is 0 Å². The summed E-state index contributed by atoms with van der Waals surface area (Å²) in [6, 6.07) is 0. The molecule has 1 aromatic rings. The molecule has 2 rings (SSSR count). The maximum absolute atomic E-state index is 11.4. The fraction of sp³-hybridized carbons (Fsp3) is 0.538. The minimum atomic E-state index is -0.930. The summed E-state index contributed by atoms with van der Waals surface area (Å²) < 4.78 is 0. The number of thiophene rings is 1. The van der Waals surface area contributed by atoms with Crippen LogP contribution in [-0.4, -0.2) is 17.0 Å². The molecule has 0 bridgehead atoms. The molecule has 18 heavy (non-hydrogen) atoms. The van der Waals surface area contributed by atoms with Gasteiger partial charge in [-0.25, -0.2) is 4.79 Å². The van der Waals surface area contributed by atoms with Crippen molar-refractivity contribution in [3.63, 3.8) is 0 Å². The Morgan fingerprint density at radius 3 is 2.67 bits per heavy atom. The number of anilines is 1. The number of hydrogen-bond acceptors (Lipinski definition) is 3. The van der Waals surface area contributed by atoms with E-state index in [1.165, 1.54) is 11.3 Å². The number of carboxylic acid groups (broad SMARTS) is 1. The number of fused-ring (bicyclic) bond motifs is 1. The van der Waals surface area contributed by atoms with E-state index in [1.807, 2.05) is 0 Å². The predicted molar refractivity (Wildman–Crippen MR) is 71.5 cm³/mol. The van der Waals surface area contributed by atoms with Crippen LogP contribution in [0.1, 0.15) is 53.4 Å². The summed E-state index contributed by atoms with van der Waals surface area (Å²) in [4.78, 5) is 24.0. The van der Waals surface area contributed by atoms with Crippen LogP contribution in [0.2, 0.25) is 0 Å². The molecule has 0 radical (unpaired) electrons. The lowest BCUT2D eigenvalue weighted by molar-refractivity contribution is -0.115. The van der Waals surface area contributed by atoms with Gasteiger partial charge < -0.3 is 10.4 Å². The van der Waals surface area contributed by atoms with Gasteiger partial charge in [0.25, 0.3) is 0 Å². The molecule has 2 N–H and O–H groups in total. The minimum Gasteiger partial charge on any atom is -0.478 e. The molecule has 1 aromatic heterocycles. The van der Waals surface area contributed by atoms with Crippen LogP contribution in [0.15, 0.2) is 0 Å². The number of carbonyl (C=O) groups excluding carboxylic acids is 1. The second kappa shape index (κ2) is 5.52. The first-order valence-corrected chi connectivity index (χ1v) is 7.12. The normalized spacial score (nSPS) is 14.7. The third kappa shape index (κ3) is 2.56. The van der Waals surface area contributed by atoms with Crippen LogP contribution in [0.5, 0.6) is 0 Å². The molecule has 0 unspecified atom stereocenters. The van der Waals surface area contributed by atoms with Gasteiger partial charge in [0.05, 0.1) is 5.56 Å². The molecule has 0 atom stereocenters. The van der Waals surface area contributed by atoms with Crippen molar-refractivity contribution >= 4 is 28.2 Å². The Hall–Kier alpha value is -1.36. The van der Waals surface area contributed by atoms with E-state index in [4.69, 9.17) is 0 Å². The maximum Gasteiger partial charge on any atom is 0.339 e. The van der Waals surface area contributed by atoms with E-state index in [0.717, 1.165) is 42.5 Å². The van der Waals surface area contributed by atoms with Crippen LogP contribution in [-0.2, 0) is 17.6 Å². The Kier molecular flexibility index (Phi) is 4.01. The lowest BCUT2D eigenvalue weighted by Gasteiger charge is -2.04. The fourth-order valence-electron chi connectivity index (χ4n) is 2.27. The number of hydrogen-bond donors (Lipinski definition) is 2. The summed E-state index contributed by atoms with van der Waals surface area (Å²) in [5.74, 6) is -1.06. The molecule has 1 aliphatic rings. The number of carboxylic acids is 1. The Morgan fingerprint density at radius 1 is 1.28 bits per heavy atom. The van der Waals surface area contributed by atoms with E-state index in [2.05, 4.69) is 5.32 Å². The summed E-state index contributed by atoms with van der Waals surface area (Å²) >= 11 is 1.43. The molecule has 1 heterocycles. The van der Waals surface area contributed by atoms with Crippen LogP contribution < -0.4 is 5.32 Å². The molecule has 0 aromatic carbocycles. The highest BCUT2D eigenvalue weighted by molar-refractivity contribution is 7.17. The monoisotopic (exact) mass is 267 g/mol. The zero-order valence-corrected chi connectivity index (χ0v) is 11.2. The highest BCUT2D eigenvalue weighted by Crippen LogP contribution is 2.37. The van der Waals surface area contributed by atoms with Gasteiger partial charge in [-0.15, -0.1) is 11.3 Å². The van der Waals surface area contributed by atoms with Crippen LogP contribution in [0.25, 0.3) is 0 Å². The van der Waals surface area contributed by atoms with Gasteiger partial charge in [-0.1, -0.05) is 13.3 Å². The van der Waals surface area contributed by atoms with Crippen molar-refractivity contribution < 1.29 is 14.7 Å². The van der Waals surface area contributed by atoms with Crippen LogP contribution in [0.4, 0.5) is 5.00 Å². The number of nitrogens with one attached hydrogen (secondary N) is 1. The van der Waals surface area contributed by atoms with Crippen LogP contribution in [0.3, 0.4) is 0 Å². The van der Waals surface area contributed by atoms with Gasteiger partial charge in [0.15, 0.2) is 0 Å². The summed E-state index contributed by atoms with van der Waals surface area (Å²) in [6.07, 6.45) is 5.40. The van der Waals surface area contributed by atoms with Crippen molar-refractivity contribution in [2.24, 2.45) is 0 Å². The zero-order chi connectivity index (χ0) is 13.1. The number of aryl methyl sites for hydroxylation is 1. The average Bonchev–Trinajstić information content (AvgIpc) is 2.51. The Balaban J connectivity index is 2.40. The Morgan fingerprint density at radius 2 is 2.00 bits per heavy atom. The highest BCUT2D eigenvalue weighted by Gasteiger charge is 2.24. The second-order valence-electron chi connectivity index (χ2n) is 4.48. The molecule has 1 amide bonds. The predicted octanol–water partition coefficient (Wildman–Crippen LogP) is 3.06. The quantitative estimate of drug-likeness (QED) is 0.827. The van der Waals surface area contributed by atoms with Crippen LogP contribution in [0, 0.1) is 0 Å². The van der Waals surface area contributed by atoms with Gasteiger partial charge in [0.2, 0.25) is 5.91 Å². The van der Waals surface area contributed by atoms with Gasteiger partial charge >= 0.3 is 5.97 Å². The number of rotatable bonds is 3. The van der Waals surface area contributed by atoms with Crippen molar-refractivity contribution in [2.75, 3.05) is 5.32 Å². The standard InChI is InChI=1S/C13H17NO3S/c1-2-10(15)14-12-11(13(16)17)8-6-4-3-5-7-9(8)18-12/h2-7H2,1H3,(H,14,15)(H,16,17). The second-order valence-corrected chi connectivity index (χ2v) is 5.58. The third-order valence-corrected chi connectivity index (χ3v) is 4.42.